The summed E-state index contributed by atoms with van der Waals surface area (Å²) in [5.41, 5.74) is 0. The normalized spacial score (nSPS) is 14.8. The Labute approximate surface area is 431 Å². The minimum atomic E-state index is -4.63. The molecule has 402 valence electrons. The van der Waals surface area contributed by atoms with Crippen molar-refractivity contribution in [2.75, 3.05) is 40.9 Å². The smallest absolute Gasteiger partial charge is 0.268 e. The first-order valence-corrected chi connectivity index (χ1v) is 29.7. The topological polar surface area (TPSA) is 108 Å². The molecule has 8 nitrogen and oxygen atoms in total. The standard InChI is InChI=1S/C61H107N2O6P/c1-6-8-10-12-14-16-18-20-22-24-26-28-30-31-33-34-36-38-40-42-44-46-48-50-52-54-60(64)59(58-69-70(66,67)68-57-56-63(3,4)5)62-61(65)55-53-51-49-47-45-43-41-39-37-35-32-29-27-25-23-21-19-17-15-13-11-9-7-2/h9,11,15,17,21,23,27,29,35-38,41,43-44,46,52,54,59-60,64H,6-8,10,12-14,16,18-20,22,24-26,28,30-34,39-40,42,45,47-51,53,55-58H2,1-5H3,(H-,62,65,66,67)/b11-9-,17-15-,23-21-,29-27-,37-35-,38-36+,43-41-,46-44+,54-52+. The third-order valence-corrected chi connectivity index (χ3v) is 12.9. The van der Waals surface area contributed by atoms with Gasteiger partial charge in [0.2, 0.25) is 5.91 Å². The van der Waals surface area contributed by atoms with Crippen LogP contribution in [0.5, 0.6) is 0 Å². The average Bonchev–Trinajstić information content (AvgIpc) is 3.32. The number of hydrogen-bond donors (Lipinski definition) is 2. The molecule has 2 N–H and O–H groups in total. The Morgan fingerprint density at radius 2 is 0.886 bits per heavy atom. The molecular weight excluding hydrogens is 888 g/mol. The number of aliphatic hydroxyl groups is 1. The van der Waals surface area contributed by atoms with Gasteiger partial charge in [0, 0.05) is 6.42 Å². The minimum absolute atomic E-state index is 0.0206. The average molecular weight is 996 g/mol. The van der Waals surface area contributed by atoms with E-state index in [9.17, 15) is 19.4 Å². The van der Waals surface area contributed by atoms with Gasteiger partial charge in [-0.2, -0.15) is 0 Å². The molecule has 0 aliphatic carbocycles. The SMILES string of the molecule is CC/C=C\C/C=C\C/C=C\C/C=C\C/C=C\C/C=C\CCCCCCC(=O)NC(COP(=O)([O-])OCC[N+](C)(C)C)C(O)/C=C/CC/C=C/CC/C=C/CCCCCCCCCCCCCCCCC. The molecule has 0 aromatic heterocycles. The number of hydrogen-bond acceptors (Lipinski definition) is 6. The quantitative estimate of drug-likeness (QED) is 0.0272. The molecular formula is C61H107N2O6P. The summed E-state index contributed by atoms with van der Waals surface area (Å²) < 4.78 is 23.3. The number of carbonyl (C=O) groups is 1. The highest BCUT2D eigenvalue weighted by Crippen LogP contribution is 2.38. The summed E-state index contributed by atoms with van der Waals surface area (Å²) in [5, 5.41) is 13.8. The number of likely N-dealkylation sites (N-methyl/N-ethyl adjacent to an activating group) is 1. The summed E-state index contributed by atoms with van der Waals surface area (Å²) in [5.74, 6) is -0.239. The molecule has 0 fully saturated rings. The molecule has 0 aliphatic heterocycles. The van der Waals surface area contributed by atoms with Gasteiger partial charge in [-0.25, -0.2) is 0 Å². The van der Waals surface area contributed by atoms with Crippen LogP contribution in [0.2, 0.25) is 0 Å². The summed E-state index contributed by atoms with van der Waals surface area (Å²) in [6.07, 6.45) is 74.5. The van der Waals surface area contributed by atoms with Gasteiger partial charge in [-0.05, 0) is 96.3 Å². The van der Waals surface area contributed by atoms with E-state index in [-0.39, 0.29) is 12.5 Å². The van der Waals surface area contributed by atoms with E-state index in [0.717, 1.165) is 89.9 Å². The zero-order chi connectivity index (χ0) is 51.3. The Morgan fingerprint density at radius 3 is 1.33 bits per heavy atom. The van der Waals surface area contributed by atoms with Gasteiger partial charge >= 0.3 is 0 Å². The van der Waals surface area contributed by atoms with Crippen LogP contribution in [0, 0.1) is 0 Å². The van der Waals surface area contributed by atoms with Crippen LogP contribution in [0.25, 0.3) is 0 Å². The summed E-state index contributed by atoms with van der Waals surface area (Å²) in [6, 6.07) is -0.933. The highest BCUT2D eigenvalue weighted by atomic mass is 31.2. The van der Waals surface area contributed by atoms with Crippen LogP contribution < -0.4 is 10.2 Å². The van der Waals surface area contributed by atoms with Gasteiger partial charge in [-0.15, -0.1) is 0 Å². The molecule has 9 heteroatoms. The first kappa shape index (κ1) is 67.2. The summed E-state index contributed by atoms with van der Waals surface area (Å²) >= 11 is 0. The Kier molecular flexibility index (Phi) is 49.0. The lowest BCUT2D eigenvalue weighted by atomic mass is 10.0. The summed E-state index contributed by atoms with van der Waals surface area (Å²) in [7, 11) is 1.20. The van der Waals surface area contributed by atoms with Crippen molar-refractivity contribution in [3.63, 3.8) is 0 Å². The molecule has 0 rings (SSSR count). The first-order chi connectivity index (χ1) is 34.0. The number of phosphoric ester groups is 1. The summed E-state index contributed by atoms with van der Waals surface area (Å²) in [6.45, 7) is 4.48. The number of rotatable bonds is 50. The van der Waals surface area contributed by atoms with Gasteiger partial charge in [-0.1, -0.05) is 226 Å². The lowest BCUT2D eigenvalue weighted by molar-refractivity contribution is -0.870. The molecule has 0 bridgehead atoms. The van der Waals surface area contributed by atoms with E-state index in [0.29, 0.717) is 23.9 Å². The molecule has 0 heterocycles. The van der Waals surface area contributed by atoms with E-state index in [1.165, 1.54) is 103 Å². The fourth-order valence-electron chi connectivity index (χ4n) is 7.54. The maximum atomic E-state index is 12.9. The molecule has 0 spiro atoms. The predicted molar refractivity (Wildman–Crippen MR) is 302 cm³/mol. The van der Waals surface area contributed by atoms with Crippen molar-refractivity contribution in [3.8, 4) is 0 Å². The molecule has 0 aromatic rings. The lowest BCUT2D eigenvalue weighted by Crippen LogP contribution is -2.45. The predicted octanol–water partition coefficient (Wildman–Crippen LogP) is 16.6. The minimum Gasteiger partial charge on any atom is -0.756 e. The van der Waals surface area contributed by atoms with E-state index in [2.05, 4.69) is 116 Å². The third-order valence-electron chi connectivity index (χ3n) is 11.9. The zero-order valence-electron chi connectivity index (χ0n) is 45.7. The van der Waals surface area contributed by atoms with E-state index >= 15 is 0 Å². The largest absolute Gasteiger partial charge is 0.756 e. The van der Waals surface area contributed by atoms with Gasteiger partial charge < -0.3 is 28.8 Å². The second kappa shape index (κ2) is 51.1. The fraction of sp³-hybridized carbons (Fsp3) is 0.689. The Balaban J connectivity index is 4.40. The number of nitrogens with zero attached hydrogens (tertiary/aromatic N) is 1. The highest BCUT2D eigenvalue weighted by molar-refractivity contribution is 7.45. The van der Waals surface area contributed by atoms with Crippen LogP contribution in [0.1, 0.15) is 219 Å². The molecule has 3 unspecified atom stereocenters. The number of allylic oxidation sites excluding steroid dienone is 17. The van der Waals surface area contributed by atoms with Crippen LogP contribution in [0.4, 0.5) is 0 Å². The number of nitrogens with one attached hydrogen (secondary N) is 1. The van der Waals surface area contributed by atoms with Gasteiger partial charge in [0.05, 0.1) is 39.9 Å². The molecule has 70 heavy (non-hydrogen) atoms. The second-order valence-corrected chi connectivity index (χ2v) is 21.3. The van der Waals surface area contributed by atoms with Crippen molar-refractivity contribution in [2.45, 2.75) is 231 Å². The van der Waals surface area contributed by atoms with Crippen molar-refractivity contribution in [1.29, 1.82) is 0 Å². The van der Waals surface area contributed by atoms with Crippen molar-refractivity contribution >= 4 is 13.7 Å². The Hall–Kier alpha value is -2.84. The summed E-state index contributed by atoms with van der Waals surface area (Å²) in [4.78, 5) is 25.5. The first-order valence-electron chi connectivity index (χ1n) is 28.2. The van der Waals surface area contributed by atoms with Crippen LogP contribution in [0.15, 0.2) is 109 Å². The molecule has 0 saturated heterocycles. The highest BCUT2D eigenvalue weighted by Gasteiger charge is 2.23. The Bertz CT molecular complexity index is 1500. The van der Waals surface area contributed by atoms with Gasteiger partial charge in [0.1, 0.15) is 13.2 Å². The van der Waals surface area contributed by atoms with Crippen LogP contribution in [0.3, 0.4) is 0 Å². The number of aliphatic hydroxyl groups excluding tert-OH is 1. The van der Waals surface area contributed by atoms with E-state index < -0.39 is 26.6 Å². The Morgan fingerprint density at radius 1 is 0.514 bits per heavy atom. The number of amides is 1. The van der Waals surface area contributed by atoms with E-state index in [1.54, 1.807) is 6.08 Å². The van der Waals surface area contributed by atoms with Gasteiger partial charge in [-0.3, -0.25) is 9.36 Å². The third kappa shape index (κ3) is 53.0. The van der Waals surface area contributed by atoms with Crippen LogP contribution in [-0.4, -0.2) is 68.5 Å². The van der Waals surface area contributed by atoms with Gasteiger partial charge in [0.15, 0.2) is 0 Å². The number of quaternary nitrogens is 1. The van der Waals surface area contributed by atoms with Crippen molar-refractivity contribution in [2.24, 2.45) is 0 Å². The van der Waals surface area contributed by atoms with Crippen LogP contribution >= 0.6 is 7.82 Å². The maximum Gasteiger partial charge on any atom is 0.268 e. The number of carbonyl (C=O) groups excluding carboxylic acids is 1. The van der Waals surface area contributed by atoms with Crippen molar-refractivity contribution in [1.82, 2.24) is 5.32 Å². The number of unbranched alkanes of at least 4 members (excludes halogenated alkanes) is 21. The molecule has 3 atom stereocenters. The number of phosphoric acid groups is 1. The van der Waals surface area contributed by atoms with Crippen LogP contribution in [-0.2, 0) is 18.4 Å². The second-order valence-electron chi connectivity index (χ2n) is 19.9. The molecule has 0 saturated carbocycles. The molecule has 0 radical (unpaired) electrons. The molecule has 0 aliphatic rings. The lowest BCUT2D eigenvalue weighted by Gasteiger charge is -2.29. The van der Waals surface area contributed by atoms with Crippen molar-refractivity contribution in [3.05, 3.63) is 109 Å². The monoisotopic (exact) mass is 995 g/mol. The molecule has 1 amide bonds. The molecule has 0 aromatic carbocycles. The fourth-order valence-corrected chi connectivity index (χ4v) is 8.26. The van der Waals surface area contributed by atoms with E-state index in [4.69, 9.17) is 9.05 Å². The van der Waals surface area contributed by atoms with E-state index in [1.807, 2.05) is 27.2 Å². The zero-order valence-corrected chi connectivity index (χ0v) is 46.6. The van der Waals surface area contributed by atoms with Crippen molar-refractivity contribution < 1.29 is 32.9 Å². The maximum absolute atomic E-state index is 12.9. The van der Waals surface area contributed by atoms with Gasteiger partial charge in [0.25, 0.3) is 7.82 Å².